The quantitative estimate of drug-likeness (QED) is 0.353. The van der Waals surface area contributed by atoms with E-state index in [1.54, 1.807) is 24.3 Å². The molecule has 1 amide bonds. The van der Waals surface area contributed by atoms with Gasteiger partial charge < -0.3 is 24.4 Å². The summed E-state index contributed by atoms with van der Waals surface area (Å²) >= 11 is 0. The number of likely N-dealkylation sites (tertiary alicyclic amines) is 1. The van der Waals surface area contributed by atoms with Crippen molar-refractivity contribution in [3.05, 3.63) is 65.0 Å². The van der Waals surface area contributed by atoms with E-state index in [-0.39, 0.29) is 23.4 Å². The highest BCUT2D eigenvalue weighted by Gasteiger charge is 2.46. The lowest BCUT2D eigenvalue weighted by atomic mass is 9.94. The number of rotatable bonds is 9. The summed E-state index contributed by atoms with van der Waals surface area (Å²) in [5.41, 5.74) is 0.500. The van der Waals surface area contributed by atoms with Crippen molar-refractivity contribution in [1.29, 1.82) is 0 Å². The van der Waals surface area contributed by atoms with Gasteiger partial charge in [-0.3, -0.25) is 9.59 Å². The van der Waals surface area contributed by atoms with Gasteiger partial charge in [0.2, 0.25) is 0 Å². The first kappa shape index (κ1) is 24.3. The number of nitrogens with zero attached hydrogens (tertiary/aromatic N) is 2. The van der Waals surface area contributed by atoms with Crippen molar-refractivity contribution in [3.8, 4) is 11.5 Å². The van der Waals surface area contributed by atoms with E-state index in [1.165, 1.54) is 24.1 Å². The summed E-state index contributed by atoms with van der Waals surface area (Å²) in [5, 5.41) is 11.2. The number of carbonyl (C=O) groups is 2. The fraction of sp³-hybridized carbons (Fsp3) is 0.360. The second-order valence-corrected chi connectivity index (χ2v) is 8.06. The molecule has 1 saturated heterocycles. The second-order valence-electron chi connectivity index (χ2n) is 8.06. The molecule has 1 atom stereocenters. The molecule has 3 rings (SSSR count). The molecule has 176 valence electrons. The van der Waals surface area contributed by atoms with E-state index < -0.39 is 29.3 Å². The van der Waals surface area contributed by atoms with Crippen LogP contribution >= 0.6 is 0 Å². The summed E-state index contributed by atoms with van der Waals surface area (Å²) in [6, 6.07) is 9.87. The third-order valence-electron chi connectivity index (χ3n) is 5.39. The number of ether oxygens (including phenoxy) is 2. The van der Waals surface area contributed by atoms with E-state index in [4.69, 9.17) is 9.47 Å². The molecule has 0 spiro atoms. The Morgan fingerprint density at radius 2 is 1.94 bits per heavy atom. The predicted molar refractivity (Wildman–Crippen MR) is 123 cm³/mol. The molecule has 0 bridgehead atoms. The number of hydrogen-bond acceptors (Lipinski definition) is 6. The van der Waals surface area contributed by atoms with Crippen molar-refractivity contribution in [2.24, 2.45) is 0 Å². The van der Waals surface area contributed by atoms with Gasteiger partial charge in [-0.15, -0.1) is 0 Å². The average Bonchev–Trinajstić information content (AvgIpc) is 3.05. The molecule has 8 heteroatoms. The van der Waals surface area contributed by atoms with E-state index in [1.807, 2.05) is 25.9 Å². The molecule has 1 aliphatic heterocycles. The molecule has 0 aliphatic carbocycles. The van der Waals surface area contributed by atoms with Crippen molar-refractivity contribution in [2.45, 2.75) is 19.4 Å². The zero-order chi connectivity index (χ0) is 24.1. The summed E-state index contributed by atoms with van der Waals surface area (Å²) in [4.78, 5) is 29.4. The first-order valence-corrected chi connectivity index (χ1v) is 10.8. The number of halogens is 1. The van der Waals surface area contributed by atoms with Crippen molar-refractivity contribution in [1.82, 2.24) is 9.80 Å². The van der Waals surface area contributed by atoms with Gasteiger partial charge in [-0.25, -0.2) is 4.39 Å². The van der Waals surface area contributed by atoms with E-state index in [2.05, 4.69) is 0 Å². The van der Waals surface area contributed by atoms with E-state index in [0.717, 1.165) is 12.5 Å². The van der Waals surface area contributed by atoms with Crippen LogP contribution in [0.25, 0.3) is 5.76 Å². The van der Waals surface area contributed by atoms with Crippen LogP contribution in [0, 0.1) is 5.82 Å². The molecule has 1 N–H and O–H groups in total. The maximum absolute atomic E-state index is 14.0. The number of methoxy groups -OCH3 is 1. The topological polar surface area (TPSA) is 79.3 Å². The Bertz CT molecular complexity index is 1070. The Hall–Kier alpha value is -3.39. The predicted octanol–water partition coefficient (Wildman–Crippen LogP) is 3.61. The maximum Gasteiger partial charge on any atom is 0.295 e. The highest BCUT2D eigenvalue weighted by Crippen LogP contribution is 2.41. The zero-order valence-electron chi connectivity index (χ0n) is 19.3. The molecular formula is C25H29FN2O5. The van der Waals surface area contributed by atoms with E-state index in [9.17, 15) is 19.1 Å². The van der Waals surface area contributed by atoms with Gasteiger partial charge in [-0.05, 0) is 56.4 Å². The van der Waals surface area contributed by atoms with Crippen LogP contribution < -0.4 is 9.47 Å². The number of carbonyl (C=O) groups excluding carboxylic acids is 2. The first-order valence-electron chi connectivity index (χ1n) is 10.8. The standard InChI is InChI=1S/C25H29FN2O5/c1-5-13-33-18-8-6-7-16(14-18)22-21(24(30)25(31)28(22)12-11-27(2)3)23(29)19-15-17(26)9-10-20(19)32-4/h6-10,14-15,22,29H,5,11-13H2,1-4H3/b23-21+. The molecule has 1 heterocycles. The Kier molecular flexibility index (Phi) is 7.71. The Balaban J connectivity index is 2.18. The van der Waals surface area contributed by atoms with Crippen LogP contribution in [-0.4, -0.2) is 67.5 Å². The molecule has 1 fully saturated rings. The zero-order valence-corrected chi connectivity index (χ0v) is 19.3. The molecule has 33 heavy (non-hydrogen) atoms. The van der Waals surface area contributed by atoms with Crippen molar-refractivity contribution < 1.29 is 28.6 Å². The fourth-order valence-electron chi connectivity index (χ4n) is 3.77. The highest BCUT2D eigenvalue weighted by molar-refractivity contribution is 6.46. The van der Waals surface area contributed by atoms with Crippen LogP contribution in [0.2, 0.25) is 0 Å². The van der Waals surface area contributed by atoms with Crippen molar-refractivity contribution in [2.75, 3.05) is 40.9 Å². The third kappa shape index (κ3) is 5.17. The van der Waals surface area contributed by atoms with Gasteiger partial charge in [0.15, 0.2) is 0 Å². The Morgan fingerprint density at radius 3 is 2.61 bits per heavy atom. The minimum atomic E-state index is -0.858. The van der Waals surface area contributed by atoms with Gasteiger partial charge in [0.25, 0.3) is 11.7 Å². The number of likely N-dealkylation sites (N-methyl/N-ethyl adjacent to an activating group) is 1. The lowest BCUT2D eigenvalue weighted by Gasteiger charge is -2.27. The summed E-state index contributed by atoms with van der Waals surface area (Å²) in [6.45, 7) is 3.29. The smallest absolute Gasteiger partial charge is 0.295 e. The molecule has 2 aromatic rings. The summed E-state index contributed by atoms with van der Waals surface area (Å²) in [7, 11) is 5.11. The van der Waals surface area contributed by atoms with Crippen molar-refractivity contribution >= 4 is 17.4 Å². The van der Waals surface area contributed by atoms with Crippen LogP contribution in [0.1, 0.15) is 30.5 Å². The molecule has 7 nitrogen and oxygen atoms in total. The monoisotopic (exact) mass is 456 g/mol. The minimum absolute atomic E-state index is 0.00602. The lowest BCUT2D eigenvalue weighted by Crippen LogP contribution is -2.35. The normalized spacial score (nSPS) is 17.6. The SMILES string of the molecule is CCCOc1cccc(C2/C(=C(\O)c3cc(F)ccc3OC)C(=O)C(=O)N2CCN(C)C)c1. The summed E-state index contributed by atoms with van der Waals surface area (Å²) in [6.07, 6.45) is 0.824. The largest absolute Gasteiger partial charge is 0.507 e. The highest BCUT2D eigenvalue weighted by atomic mass is 19.1. The number of amides is 1. The first-order chi connectivity index (χ1) is 15.8. The maximum atomic E-state index is 14.0. The van der Waals surface area contributed by atoms with Crippen LogP contribution in [0.3, 0.4) is 0 Å². The van der Waals surface area contributed by atoms with Crippen LogP contribution in [-0.2, 0) is 9.59 Å². The Morgan fingerprint density at radius 1 is 1.18 bits per heavy atom. The number of Topliss-reactive ketones (excluding diaryl/α,β-unsaturated/α-hetero) is 1. The van der Waals surface area contributed by atoms with E-state index in [0.29, 0.717) is 24.5 Å². The fourth-order valence-corrected chi connectivity index (χ4v) is 3.77. The molecular weight excluding hydrogens is 427 g/mol. The van der Waals surface area contributed by atoms with Crippen LogP contribution in [0.5, 0.6) is 11.5 Å². The summed E-state index contributed by atoms with van der Waals surface area (Å²) in [5.74, 6) is -1.86. The van der Waals surface area contributed by atoms with Gasteiger partial charge in [0, 0.05) is 13.1 Å². The Labute approximate surface area is 193 Å². The number of aliphatic hydroxyl groups is 1. The molecule has 2 aromatic carbocycles. The number of ketones is 1. The van der Waals surface area contributed by atoms with Gasteiger partial charge in [0.1, 0.15) is 23.1 Å². The number of aliphatic hydroxyl groups excluding tert-OH is 1. The molecule has 1 aliphatic rings. The molecule has 0 saturated carbocycles. The van der Waals surface area contributed by atoms with E-state index >= 15 is 0 Å². The lowest BCUT2D eigenvalue weighted by molar-refractivity contribution is -0.140. The van der Waals surface area contributed by atoms with Gasteiger partial charge in [-0.2, -0.15) is 0 Å². The van der Waals surface area contributed by atoms with Crippen LogP contribution in [0.4, 0.5) is 4.39 Å². The van der Waals surface area contributed by atoms with Crippen molar-refractivity contribution in [3.63, 3.8) is 0 Å². The average molecular weight is 457 g/mol. The van der Waals surface area contributed by atoms with Gasteiger partial charge in [0.05, 0.1) is 30.9 Å². The minimum Gasteiger partial charge on any atom is -0.507 e. The molecule has 1 unspecified atom stereocenters. The second kappa shape index (κ2) is 10.5. The molecule has 0 aromatic heterocycles. The third-order valence-corrected chi connectivity index (χ3v) is 5.39. The molecule has 0 radical (unpaired) electrons. The van der Waals surface area contributed by atoms with Gasteiger partial charge >= 0.3 is 0 Å². The number of benzene rings is 2. The summed E-state index contributed by atoms with van der Waals surface area (Å²) < 4.78 is 25.0. The van der Waals surface area contributed by atoms with Gasteiger partial charge in [-0.1, -0.05) is 19.1 Å². The number of hydrogen-bond donors (Lipinski definition) is 1. The van der Waals surface area contributed by atoms with Crippen LogP contribution in [0.15, 0.2) is 48.0 Å².